The van der Waals surface area contributed by atoms with Gasteiger partial charge in [0.15, 0.2) is 6.10 Å². The molecule has 160 valence electrons. The lowest BCUT2D eigenvalue weighted by Crippen LogP contribution is -2.32. The van der Waals surface area contributed by atoms with E-state index >= 15 is 0 Å². The van der Waals surface area contributed by atoms with Gasteiger partial charge in [-0.05, 0) is 43.7 Å². The predicted octanol–water partition coefficient (Wildman–Crippen LogP) is 4.59. The van der Waals surface area contributed by atoms with Crippen LogP contribution in [0.1, 0.15) is 35.8 Å². The van der Waals surface area contributed by atoms with Gasteiger partial charge in [0, 0.05) is 6.07 Å². The summed E-state index contributed by atoms with van der Waals surface area (Å²) in [6.45, 7) is 3.56. The third-order valence-electron chi connectivity index (χ3n) is 4.80. The molecule has 2 atom stereocenters. The van der Waals surface area contributed by atoms with E-state index in [9.17, 15) is 9.59 Å². The van der Waals surface area contributed by atoms with Crippen LogP contribution >= 0.6 is 0 Å². The van der Waals surface area contributed by atoms with Crippen LogP contribution in [-0.2, 0) is 4.79 Å². The van der Waals surface area contributed by atoms with Gasteiger partial charge in [0.25, 0.3) is 11.8 Å². The molecule has 0 aliphatic rings. The standard InChI is InChI=1S/C25H26N2O4/c1-17(19-10-5-4-6-11-19)26-25(29)22-14-7-8-15-23(22)27-24(28)18(2)31-21-13-9-12-20(16-21)30-3/h4-18H,1-3H3,(H,26,29)(H,27,28)/t17-,18-/m0/s1. The van der Waals surface area contributed by atoms with Crippen LogP contribution in [0.4, 0.5) is 5.69 Å². The zero-order chi connectivity index (χ0) is 22.2. The highest BCUT2D eigenvalue weighted by Crippen LogP contribution is 2.21. The number of benzene rings is 3. The lowest BCUT2D eigenvalue weighted by molar-refractivity contribution is -0.122. The molecular weight excluding hydrogens is 392 g/mol. The van der Waals surface area contributed by atoms with Gasteiger partial charge in [0.2, 0.25) is 0 Å². The van der Waals surface area contributed by atoms with E-state index in [1.807, 2.05) is 37.3 Å². The molecule has 0 aliphatic heterocycles. The number of carbonyl (C=O) groups is 2. The van der Waals surface area contributed by atoms with E-state index in [1.165, 1.54) is 0 Å². The topological polar surface area (TPSA) is 76.7 Å². The van der Waals surface area contributed by atoms with Gasteiger partial charge in [-0.25, -0.2) is 0 Å². The van der Waals surface area contributed by atoms with Crippen molar-refractivity contribution in [2.75, 3.05) is 12.4 Å². The van der Waals surface area contributed by atoms with Gasteiger partial charge in [-0.1, -0.05) is 48.5 Å². The molecule has 0 saturated heterocycles. The number of anilines is 1. The first kappa shape index (κ1) is 21.9. The zero-order valence-corrected chi connectivity index (χ0v) is 17.8. The van der Waals surface area contributed by atoms with Gasteiger partial charge in [0.1, 0.15) is 11.5 Å². The van der Waals surface area contributed by atoms with Gasteiger partial charge in [-0.15, -0.1) is 0 Å². The molecule has 0 saturated carbocycles. The molecule has 0 aromatic heterocycles. The number of hydrogen-bond donors (Lipinski definition) is 2. The number of amides is 2. The Morgan fingerprint density at radius 3 is 2.26 bits per heavy atom. The largest absolute Gasteiger partial charge is 0.497 e. The fourth-order valence-corrected chi connectivity index (χ4v) is 3.06. The molecular formula is C25H26N2O4. The van der Waals surface area contributed by atoms with Gasteiger partial charge in [0.05, 0.1) is 24.4 Å². The van der Waals surface area contributed by atoms with Crippen LogP contribution in [0.15, 0.2) is 78.9 Å². The van der Waals surface area contributed by atoms with Crippen molar-refractivity contribution in [2.24, 2.45) is 0 Å². The maximum absolute atomic E-state index is 12.9. The van der Waals surface area contributed by atoms with Crippen LogP contribution in [0.3, 0.4) is 0 Å². The molecule has 2 amide bonds. The molecule has 0 unspecified atom stereocenters. The van der Waals surface area contributed by atoms with E-state index in [1.54, 1.807) is 62.6 Å². The third-order valence-corrected chi connectivity index (χ3v) is 4.80. The van der Waals surface area contributed by atoms with Crippen molar-refractivity contribution in [3.05, 3.63) is 90.0 Å². The summed E-state index contributed by atoms with van der Waals surface area (Å²) in [5.74, 6) is 0.525. The van der Waals surface area contributed by atoms with Crippen molar-refractivity contribution < 1.29 is 19.1 Å². The Hall–Kier alpha value is -3.80. The van der Waals surface area contributed by atoms with Gasteiger partial charge >= 0.3 is 0 Å². The van der Waals surface area contributed by atoms with Crippen LogP contribution in [-0.4, -0.2) is 25.0 Å². The minimum atomic E-state index is -0.772. The molecule has 3 aromatic carbocycles. The molecule has 0 heterocycles. The summed E-state index contributed by atoms with van der Waals surface area (Å²) in [7, 11) is 1.57. The molecule has 2 N–H and O–H groups in total. The Morgan fingerprint density at radius 2 is 1.52 bits per heavy atom. The molecule has 6 heteroatoms. The Morgan fingerprint density at radius 1 is 0.839 bits per heavy atom. The van der Waals surface area contributed by atoms with Crippen LogP contribution < -0.4 is 20.1 Å². The normalized spacial score (nSPS) is 12.4. The van der Waals surface area contributed by atoms with Crippen molar-refractivity contribution in [3.8, 4) is 11.5 Å². The Bertz CT molecular complexity index is 1040. The summed E-state index contributed by atoms with van der Waals surface area (Å²) in [6.07, 6.45) is -0.772. The van der Waals surface area contributed by atoms with Crippen LogP contribution in [0, 0.1) is 0 Å². The lowest BCUT2D eigenvalue weighted by atomic mass is 10.1. The second kappa shape index (κ2) is 10.3. The number of nitrogens with one attached hydrogen (secondary N) is 2. The van der Waals surface area contributed by atoms with Crippen molar-refractivity contribution in [3.63, 3.8) is 0 Å². The molecule has 0 spiro atoms. The quantitative estimate of drug-likeness (QED) is 0.561. The molecule has 3 rings (SSSR count). The smallest absolute Gasteiger partial charge is 0.265 e. The van der Waals surface area contributed by atoms with Crippen molar-refractivity contribution in [1.29, 1.82) is 0 Å². The first-order valence-corrected chi connectivity index (χ1v) is 10.0. The van der Waals surface area contributed by atoms with E-state index in [-0.39, 0.29) is 17.9 Å². The second-order valence-corrected chi connectivity index (χ2v) is 7.08. The Balaban J connectivity index is 1.67. The molecule has 0 radical (unpaired) electrons. The predicted molar refractivity (Wildman–Crippen MR) is 120 cm³/mol. The SMILES string of the molecule is COc1cccc(O[C@@H](C)C(=O)Nc2ccccc2C(=O)N[C@@H](C)c2ccccc2)c1. The van der Waals surface area contributed by atoms with Gasteiger partial charge in [-0.2, -0.15) is 0 Å². The number of rotatable bonds is 8. The number of ether oxygens (including phenoxy) is 2. The maximum Gasteiger partial charge on any atom is 0.265 e. The summed E-state index contributed by atoms with van der Waals surface area (Å²) in [5.41, 5.74) is 1.80. The Kier molecular flexibility index (Phi) is 7.27. The average molecular weight is 418 g/mol. The summed E-state index contributed by atoms with van der Waals surface area (Å²) < 4.78 is 10.9. The van der Waals surface area contributed by atoms with Crippen LogP contribution in [0.25, 0.3) is 0 Å². The molecule has 31 heavy (non-hydrogen) atoms. The molecule has 6 nitrogen and oxygen atoms in total. The lowest BCUT2D eigenvalue weighted by Gasteiger charge is -2.18. The van der Waals surface area contributed by atoms with Crippen LogP contribution in [0.2, 0.25) is 0 Å². The second-order valence-electron chi connectivity index (χ2n) is 7.08. The van der Waals surface area contributed by atoms with Crippen molar-refractivity contribution in [1.82, 2.24) is 5.32 Å². The highest BCUT2D eigenvalue weighted by molar-refractivity contribution is 6.04. The number of carbonyl (C=O) groups excluding carboxylic acids is 2. The number of para-hydroxylation sites is 1. The summed E-state index contributed by atoms with van der Waals surface area (Å²) in [6, 6.07) is 23.4. The molecule has 0 fully saturated rings. The highest BCUT2D eigenvalue weighted by atomic mass is 16.5. The van der Waals surface area contributed by atoms with E-state index in [0.29, 0.717) is 22.7 Å². The number of methoxy groups -OCH3 is 1. The van der Waals surface area contributed by atoms with Crippen molar-refractivity contribution >= 4 is 17.5 Å². The fourth-order valence-electron chi connectivity index (χ4n) is 3.06. The average Bonchev–Trinajstić information content (AvgIpc) is 2.80. The third kappa shape index (κ3) is 5.85. The maximum atomic E-state index is 12.9. The summed E-state index contributed by atoms with van der Waals surface area (Å²) in [4.78, 5) is 25.5. The molecule has 0 aliphatic carbocycles. The van der Waals surface area contributed by atoms with Gasteiger partial charge in [-0.3, -0.25) is 9.59 Å². The van der Waals surface area contributed by atoms with E-state index < -0.39 is 6.10 Å². The summed E-state index contributed by atoms with van der Waals surface area (Å²) >= 11 is 0. The van der Waals surface area contributed by atoms with E-state index in [0.717, 1.165) is 5.56 Å². The first-order chi connectivity index (χ1) is 15.0. The van der Waals surface area contributed by atoms with Crippen LogP contribution in [0.5, 0.6) is 11.5 Å². The van der Waals surface area contributed by atoms with Gasteiger partial charge < -0.3 is 20.1 Å². The summed E-state index contributed by atoms with van der Waals surface area (Å²) in [5, 5.41) is 5.77. The van der Waals surface area contributed by atoms with E-state index in [2.05, 4.69) is 10.6 Å². The molecule has 3 aromatic rings. The Labute approximate surface area is 182 Å². The molecule has 0 bridgehead atoms. The highest BCUT2D eigenvalue weighted by Gasteiger charge is 2.19. The monoisotopic (exact) mass is 418 g/mol. The minimum absolute atomic E-state index is 0.173. The van der Waals surface area contributed by atoms with Crippen molar-refractivity contribution in [2.45, 2.75) is 26.0 Å². The first-order valence-electron chi connectivity index (χ1n) is 10.0. The fraction of sp³-hybridized carbons (Fsp3) is 0.200. The number of hydrogen-bond acceptors (Lipinski definition) is 4. The minimum Gasteiger partial charge on any atom is -0.497 e. The van der Waals surface area contributed by atoms with E-state index in [4.69, 9.17) is 9.47 Å². The zero-order valence-electron chi connectivity index (χ0n) is 17.8.